The second-order valence-corrected chi connectivity index (χ2v) is 5.16. The normalized spacial score (nSPS) is 15.4. The van der Waals surface area contributed by atoms with E-state index in [-0.39, 0.29) is 0 Å². The fourth-order valence-corrected chi connectivity index (χ4v) is 2.87. The molecule has 1 aromatic carbocycles. The summed E-state index contributed by atoms with van der Waals surface area (Å²) in [5.41, 5.74) is 8.82. The molecule has 0 spiro atoms. The molecule has 2 aromatic rings. The molecule has 1 unspecified atom stereocenters. The zero-order valence-electron chi connectivity index (χ0n) is 9.18. The molecule has 3 rings (SSSR count). The van der Waals surface area contributed by atoms with Crippen molar-refractivity contribution in [1.82, 2.24) is 4.98 Å². The van der Waals surface area contributed by atoms with Crippen LogP contribution in [0.15, 0.2) is 24.4 Å². The van der Waals surface area contributed by atoms with Gasteiger partial charge < -0.3 is 16.2 Å². The van der Waals surface area contributed by atoms with E-state index < -0.39 is 6.10 Å². The number of aliphatic hydroxyl groups excluding tert-OH is 1. The Balaban J connectivity index is 2.02. The van der Waals surface area contributed by atoms with Crippen LogP contribution in [0.1, 0.15) is 22.1 Å². The van der Waals surface area contributed by atoms with E-state index in [9.17, 15) is 5.11 Å². The number of nitrogens with zero attached hydrogens (tertiary/aromatic N) is 1. The Morgan fingerprint density at radius 1 is 1.47 bits per heavy atom. The number of benzene rings is 1. The van der Waals surface area contributed by atoms with Gasteiger partial charge in [0.05, 0.1) is 4.88 Å². The predicted octanol–water partition coefficient (Wildman–Crippen LogP) is 1.77. The molecule has 2 heterocycles. The smallest absolute Gasteiger partial charge is 0.180 e. The van der Waals surface area contributed by atoms with E-state index in [1.807, 2.05) is 12.1 Å². The summed E-state index contributed by atoms with van der Waals surface area (Å²) in [6, 6.07) is 6.01. The molecular weight excluding hydrogens is 234 g/mol. The monoisotopic (exact) mass is 247 g/mol. The SMILES string of the molecule is Nc1ncc(C(O)c2cccc3c2NCC3)s1. The van der Waals surface area contributed by atoms with Gasteiger partial charge in [0.1, 0.15) is 6.10 Å². The molecule has 88 valence electrons. The Kier molecular flexibility index (Phi) is 2.49. The third-order valence-corrected chi connectivity index (χ3v) is 3.86. The van der Waals surface area contributed by atoms with Crippen LogP contribution in [0.3, 0.4) is 0 Å². The molecule has 5 heteroatoms. The molecule has 0 fully saturated rings. The maximum atomic E-state index is 10.3. The summed E-state index contributed by atoms with van der Waals surface area (Å²) in [4.78, 5) is 4.75. The summed E-state index contributed by atoms with van der Waals surface area (Å²) in [6.07, 6.45) is 2.00. The molecule has 0 amide bonds. The topological polar surface area (TPSA) is 71.2 Å². The first-order chi connectivity index (χ1) is 8.25. The van der Waals surface area contributed by atoms with Gasteiger partial charge in [-0.1, -0.05) is 29.5 Å². The van der Waals surface area contributed by atoms with E-state index in [1.54, 1.807) is 6.20 Å². The maximum Gasteiger partial charge on any atom is 0.180 e. The number of anilines is 2. The molecule has 1 aliphatic heterocycles. The Hall–Kier alpha value is -1.59. The minimum Gasteiger partial charge on any atom is -0.384 e. The number of fused-ring (bicyclic) bond motifs is 1. The van der Waals surface area contributed by atoms with Crippen LogP contribution in [0, 0.1) is 0 Å². The number of rotatable bonds is 2. The van der Waals surface area contributed by atoms with Crippen LogP contribution in [0.4, 0.5) is 10.8 Å². The molecule has 0 bridgehead atoms. The van der Waals surface area contributed by atoms with E-state index in [4.69, 9.17) is 5.73 Å². The summed E-state index contributed by atoms with van der Waals surface area (Å²) < 4.78 is 0. The van der Waals surface area contributed by atoms with Crippen molar-refractivity contribution in [3.8, 4) is 0 Å². The molecule has 1 aliphatic rings. The quantitative estimate of drug-likeness (QED) is 0.756. The molecule has 4 N–H and O–H groups in total. The summed E-state index contributed by atoms with van der Waals surface area (Å²) in [7, 11) is 0. The lowest BCUT2D eigenvalue weighted by Crippen LogP contribution is -2.02. The van der Waals surface area contributed by atoms with Crippen LogP contribution in [0.2, 0.25) is 0 Å². The van der Waals surface area contributed by atoms with E-state index in [0.717, 1.165) is 29.1 Å². The second-order valence-electron chi connectivity index (χ2n) is 4.06. The van der Waals surface area contributed by atoms with Crippen molar-refractivity contribution in [1.29, 1.82) is 0 Å². The number of aliphatic hydroxyl groups is 1. The van der Waals surface area contributed by atoms with Crippen LogP contribution in [0.5, 0.6) is 0 Å². The molecule has 0 radical (unpaired) electrons. The first kappa shape index (κ1) is 10.6. The van der Waals surface area contributed by atoms with Crippen molar-refractivity contribution < 1.29 is 5.11 Å². The Morgan fingerprint density at radius 3 is 3.12 bits per heavy atom. The van der Waals surface area contributed by atoms with E-state index >= 15 is 0 Å². The number of hydrogen-bond acceptors (Lipinski definition) is 5. The lowest BCUT2D eigenvalue weighted by atomic mass is 10.0. The average molecular weight is 247 g/mol. The Bertz CT molecular complexity index is 552. The van der Waals surface area contributed by atoms with Gasteiger partial charge in [0.2, 0.25) is 0 Å². The number of para-hydroxylation sites is 1. The third-order valence-electron chi connectivity index (χ3n) is 2.98. The Labute approximate surface area is 103 Å². The highest BCUT2D eigenvalue weighted by Crippen LogP contribution is 2.35. The van der Waals surface area contributed by atoms with Crippen LogP contribution in [-0.4, -0.2) is 16.6 Å². The predicted molar refractivity (Wildman–Crippen MR) is 69.2 cm³/mol. The molecule has 4 nitrogen and oxygen atoms in total. The van der Waals surface area contributed by atoms with Gasteiger partial charge in [-0.05, 0) is 12.0 Å². The van der Waals surface area contributed by atoms with Crippen molar-refractivity contribution in [2.45, 2.75) is 12.5 Å². The minimum atomic E-state index is -0.648. The van der Waals surface area contributed by atoms with Crippen LogP contribution in [0.25, 0.3) is 0 Å². The van der Waals surface area contributed by atoms with Crippen LogP contribution >= 0.6 is 11.3 Å². The first-order valence-electron chi connectivity index (χ1n) is 5.50. The van der Waals surface area contributed by atoms with Gasteiger partial charge in [-0.15, -0.1) is 0 Å². The molecule has 1 atom stereocenters. The average Bonchev–Trinajstić information content (AvgIpc) is 2.95. The van der Waals surface area contributed by atoms with Crippen LogP contribution < -0.4 is 11.1 Å². The van der Waals surface area contributed by atoms with Crippen molar-refractivity contribution in [3.63, 3.8) is 0 Å². The van der Waals surface area contributed by atoms with Gasteiger partial charge in [-0.25, -0.2) is 4.98 Å². The van der Waals surface area contributed by atoms with E-state index in [2.05, 4.69) is 16.4 Å². The highest BCUT2D eigenvalue weighted by atomic mass is 32.1. The number of thiazole rings is 1. The van der Waals surface area contributed by atoms with Gasteiger partial charge in [-0.2, -0.15) is 0 Å². The summed E-state index contributed by atoms with van der Waals surface area (Å²) in [5, 5.41) is 14.1. The molecule has 1 aromatic heterocycles. The molecule has 0 saturated carbocycles. The van der Waals surface area contributed by atoms with Crippen molar-refractivity contribution in [3.05, 3.63) is 40.4 Å². The van der Waals surface area contributed by atoms with Crippen LogP contribution in [-0.2, 0) is 6.42 Å². The zero-order valence-corrected chi connectivity index (χ0v) is 10.00. The van der Waals surface area contributed by atoms with E-state index in [1.165, 1.54) is 16.9 Å². The second kappa shape index (κ2) is 4.01. The number of hydrogen-bond donors (Lipinski definition) is 3. The highest BCUT2D eigenvalue weighted by molar-refractivity contribution is 7.15. The fraction of sp³-hybridized carbons (Fsp3) is 0.250. The summed E-state index contributed by atoms with van der Waals surface area (Å²) in [6.45, 7) is 0.934. The summed E-state index contributed by atoms with van der Waals surface area (Å²) in [5.74, 6) is 0. The summed E-state index contributed by atoms with van der Waals surface area (Å²) >= 11 is 1.33. The van der Waals surface area contributed by atoms with Gasteiger partial charge in [0, 0.05) is 24.0 Å². The number of nitrogens with one attached hydrogen (secondary N) is 1. The van der Waals surface area contributed by atoms with Gasteiger partial charge in [0.15, 0.2) is 5.13 Å². The maximum absolute atomic E-state index is 10.3. The lowest BCUT2D eigenvalue weighted by molar-refractivity contribution is 0.224. The third kappa shape index (κ3) is 1.77. The first-order valence-corrected chi connectivity index (χ1v) is 6.32. The largest absolute Gasteiger partial charge is 0.384 e. The molecular formula is C12H13N3OS. The van der Waals surface area contributed by atoms with Gasteiger partial charge in [-0.3, -0.25) is 0 Å². The van der Waals surface area contributed by atoms with Crippen molar-refractivity contribution >= 4 is 22.2 Å². The number of nitrogens with two attached hydrogens (primary N) is 1. The Morgan fingerprint density at radius 2 is 2.35 bits per heavy atom. The van der Waals surface area contributed by atoms with Crippen molar-refractivity contribution in [2.24, 2.45) is 0 Å². The zero-order chi connectivity index (χ0) is 11.8. The van der Waals surface area contributed by atoms with E-state index in [0.29, 0.717) is 5.13 Å². The molecule has 17 heavy (non-hydrogen) atoms. The highest BCUT2D eigenvalue weighted by Gasteiger charge is 2.21. The van der Waals surface area contributed by atoms with Crippen molar-refractivity contribution in [2.75, 3.05) is 17.6 Å². The van der Waals surface area contributed by atoms with Gasteiger partial charge in [0.25, 0.3) is 0 Å². The molecule has 0 saturated heterocycles. The number of aromatic nitrogens is 1. The standard InChI is InChI=1S/C12H13N3OS/c13-12-15-6-9(17-12)11(16)8-3-1-2-7-4-5-14-10(7)8/h1-3,6,11,14,16H,4-5H2,(H2,13,15). The van der Waals surface area contributed by atoms with Gasteiger partial charge >= 0.3 is 0 Å². The number of nitrogen functional groups attached to an aromatic ring is 1. The molecule has 0 aliphatic carbocycles. The fourth-order valence-electron chi connectivity index (χ4n) is 2.17. The minimum absolute atomic E-state index is 0.486. The lowest BCUT2D eigenvalue weighted by Gasteiger charge is -2.13.